The van der Waals surface area contributed by atoms with E-state index in [0.717, 1.165) is 16.8 Å². The molecule has 1 aliphatic heterocycles. The van der Waals surface area contributed by atoms with Crippen molar-refractivity contribution in [3.8, 4) is 17.6 Å². The van der Waals surface area contributed by atoms with Crippen molar-refractivity contribution >= 4 is 34.2 Å². The van der Waals surface area contributed by atoms with Crippen LogP contribution in [0.3, 0.4) is 0 Å². The molecule has 0 saturated carbocycles. The summed E-state index contributed by atoms with van der Waals surface area (Å²) in [5, 5.41) is 18.9. The lowest BCUT2D eigenvalue weighted by Gasteiger charge is -2.18. The smallest absolute Gasteiger partial charge is 0.255 e. The molecule has 3 heterocycles. The van der Waals surface area contributed by atoms with Gasteiger partial charge in [0.2, 0.25) is 5.91 Å². The Labute approximate surface area is 189 Å². The topological polar surface area (TPSA) is 131 Å². The van der Waals surface area contributed by atoms with Gasteiger partial charge in [0.1, 0.15) is 5.69 Å². The summed E-state index contributed by atoms with van der Waals surface area (Å²) in [6, 6.07) is 12.4. The summed E-state index contributed by atoms with van der Waals surface area (Å²) < 4.78 is 0. The number of hydrogen-bond donors (Lipinski definition) is 3. The molecule has 33 heavy (non-hydrogen) atoms. The van der Waals surface area contributed by atoms with Gasteiger partial charge in [-0.1, -0.05) is 6.07 Å². The lowest BCUT2D eigenvalue weighted by molar-refractivity contribution is -0.122. The fraction of sp³-hybridized carbons (Fsp3) is 0.208. The number of hydrogen-bond acceptors (Lipinski definition) is 5. The Morgan fingerprint density at radius 2 is 2.09 bits per heavy atom. The number of aromatic nitrogens is 4. The van der Waals surface area contributed by atoms with Gasteiger partial charge in [0.15, 0.2) is 5.82 Å². The van der Waals surface area contributed by atoms with Crippen molar-refractivity contribution in [1.29, 1.82) is 5.26 Å². The molecule has 0 radical (unpaired) electrons. The number of aromatic amines is 2. The van der Waals surface area contributed by atoms with Crippen molar-refractivity contribution in [3.05, 3.63) is 59.3 Å². The van der Waals surface area contributed by atoms with Crippen LogP contribution in [0.4, 0.5) is 11.4 Å². The predicted octanol–water partition coefficient (Wildman–Crippen LogP) is 3.72. The van der Waals surface area contributed by atoms with E-state index >= 15 is 0 Å². The highest BCUT2D eigenvalue weighted by Gasteiger charge is 2.43. The number of anilines is 2. The lowest BCUT2D eigenvalue weighted by Crippen LogP contribution is -2.35. The molecule has 9 nitrogen and oxygen atoms in total. The molecule has 0 unspecified atom stereocenters. The number of nitriles is 1. The van der Waals surface area contributed by atoms with Crippen LogP contribution in [0.2, 0.25) is 0 Å². The maximum atomic E-state index is 12.8. The van der Waals surface area contributed by atoms with E-state index in [1.165, 1.54) is 12.3 Å². The summed E-state index contributed by atoms with van der Waals surface area (Å²) in [6.07, 6.45) is 1.51. The first-order valence-electron chi connectivity index (χ1n) is 10.5. The van der Waals surface area contributed by atoms with Crippen LogP contribution in [0.1, 0.15) is 42.3 Å². The Balaban J connectivity index is 1.51. The van der Waals surface area contributed by atoms with Gasteiger partial charge >= 0.3 is 0 Å². The number of rotatable bonds is 4. The van der Waals surface area contributed by atoms with Gasteiger partial charge in [-0.3, -0.25) is 14.7 Å². The van der Waals surface area contributed by atoms with Crippen molar-refractivity contribution in [2.75, 3.05) is 16.8 Å². The molecule has 0 fully saturated rings. The number of fused-ring (bicyclic) bond motifs is 2. The molecule has 164 valence electrons. The average Bonchev–Trinajstić information content (AvgIpc) is 3.48. The van der Waals surface area contributed by atoms with Crippen LogP contribution in [0.5, 0.6) is 0 Å². The van der Waals surface area contributed by atoms with Crippen LogP contribution in [-0.4, -0.2) is 38.5 Å². The van der Waals surface area contributed by atoms with E-state index in [9.17, 15) is 9.59 Å². The average molecular weight is 439 g/mol. The molecule has 0 aliphatic carbocycles. The van der Waals surface area contributed by atoms with Crippen LogP contribution >= 0.6 is 0 Å². The predicted molar refractivity (Wildman–Crippen MR) is 124 cm³/mol. The van der Waals surface area contributed by atoms with E-state index in [-0.39, 0.29) is 11.8 Å². The van der Waals surface area contributed by atoms with Crippen molar-refractivity contribution in [2.45, 2.75) is 26.2 Å². The van der Waals surface area contributed by atoms with Crippen molar-refractivity contribution in [2.24, 2.45) is 0 Å². The van der Waals surface area contributed by atoms with E-state index in [2.05, 4.69) is 25.5 Å². The highest BCUT2D eigenvalue weighted by atomic mass is 16.2. The van der Waals surface area contributed by atoms with Crippen LogP contribution in [0, 0.1) is 11.3 Å². The number of benzene rings is 2. The fourth-order valence-electron chi connectivity index (χ4n) is 4.25. The number of carbonyl (C=O) groups is 2. The Morgan fingerprint density at radius 1 is 1.27 bits per heavy atom. The number of amides is 2. The van der Waals surface area contributed by atoms with Crippen LogP contribution in [0.15, 0.2) is 42.6 Å². The van der Waals surface area contributed by atoms with Crippen LogP contribution < -0.4 is 10.2 Å². The van der Waals surface area contributed by atoms with Crippen LogP contribution in [0.25, 0.3) is 22.6 Å². The largest absolute Gasteiger partial charge is 0.337 e. The highest BCUT2D eigenvalue weighted by Crippen LogP contribution is 2.43. The van der Waals surface area contributed by atoms with Gasteiger partial charge in [0, 0.05) is 12.1 Å². The first kappa shape index (κ1) is 20.5. The highest BCUT2D eigenvalue weighted by molar-refractivity contribution is 6.10. The van der Waals surface area contributed by atoms with Gasteiger partial charge < -0.3 is 15.2 Å². The Kier molecular flexibility index (Phi) is 4.53. The fourth-order valence-corrected chi connectivity index (χ4v) is 4.25. The Morgan fingerprint density at radius 3 is 2.85 bits per heavy atom. The van der Waals surface area contributed by atoms with Crippen LogP contribution in [-0.2, 0) is 10.2 Å². The van der Waals surface area contributed by atoms with Gasteiger partial charge in [-0.2, -0.15) is 10.4 Å². The molecule has 2 aromatic heterocycles. The van der Waals surface area contributed by atoms with Crippen molar-refractivity contribution < 1.29 is 9.59 Å². The molecular formula is C24H21N7O2. The summed E-state index contributed by atoms with van der Waals surface area (Å²) in [7, 11) is 0. The first-order chi connectivity index (χ1) is 15.8. The molecule has 0 bridgehead atoms. The van der Waals surface area contributed by atoms with E-state index in [1.807, 2.05) is 39.0 Å². The lowest BCUT2D eigenvalue weighted by atomic mass is 9.86. The molecule has 3 N–H and O–H groups in total. The second kappa shape index (κ2) is 7.31. The van der Waals surface area contributed by atoms with Crippen molar-refractivity contribution in [1.82, 2.24) is 20.2 Å². The molecule has 2 aromatic carbocycles. The maximum absolute atomic E-state index is 12.8. The zero-order valence-corrected chi connectivity index (χ0v) is 18.4. The molecule has 9 heteroatoms. The second-order valence-corrected chi connectivity index (χ2v) is 8.45. The zero-order chi connectivity index (χ0) is 23.3. The minimum absolute atomic E-state index is 0.0758. The monoisotopic (exact) mass is 439 g/mol. The Bertz CT molecular complexity index is 1470. The van der Waals surface area contributed by atoms with Crippen molar-refractivity contribution in [3.63, 3.8) is 0 Å². The summed E-state index contributed by atoms with van der Waals surface area (Å²) in [4.78, 5) is 35.3. The number of nitrogens with one attached hydrogen (secondary N) is 3. The third kappa shape index (κ3) is 3.15. The normalized spacial score (nSPS) is 14.4. The summed E-state index contributed by atoms with van der Waals surface area (Å²) >= 11 is 0. The molecule has 1 aliphatic rings. The summed E-state index contributed by atoms with van der Waals surface area (Å²) in [5.41, 5.74) is 4.46. The Hall–Kier alpha value is -4.45. The van der Waals surface area contributed by atoms with E-state index in [4.69, 9.17) is 5.26 Å². The van der Waals surface area contributed by atoms with E-state index in [1.54, 1.807) is 23.1 Å². The molecule has 0 saturated heterocycles. The van der Waals surface area contributed by atoms with E-state index in [0.29, 0.717) is 40.4 Å². The summed E-state index contributed by atoms with van der Waals surface area (Å²) in [5.74, 6) is 0.232. The molecular weight excluding hydrogens is 418 g/mol. The van der Waals surface area contributed by atoms with E-state index < -0.39 is 5.41 Å². The molecule has 0 spiro atoms. The number of likely N-dealkylation sites (N-methyl/N-ethyl adjacent to an activating group) is 1. The second-order valence-electron chi connectivity index (χ2n) is 8.45. The van der Waals surface area contributed by atoms with Gasteiger partial charge in [-0.25, -0.2) is 4.98 Å². The summed E-state index contributed by atoms with van der Waals surface area (Å²) in [6.45, 7) is 6.39. The number of imidazole rings is 1. The number of H-pyrrole nitrogens is 2. The van der Waals surface area contributed by atoms with Gasteiger partial charge in [-0.05, 0) is 56.7 Å². The zero-order valence-electron chi connectivity index (χ0n) is 18.4. The third-order valence-electron chi connectivity index (χ3n) is 6.04. The first-order valence-corrected chi connectivity index (χ1v) is 10.5. The maximum Gasteiger partial charge on any atom is 0.255 e. The molecule has 5 rings (SSSR count). The number of nitrogens with zero attached hydrogens (tertiary/aromatic N) is 4. The quantitative estimate of drug-likeness (QED) is 0.446. The minimum Gasteiger partial charge on any atom is -0.337 e. The minimum atomic E-state index is -0.615. The molecule has 2 amide bonds. The third-order valence-corrected chi connectivity index (χ3v) is 6.04. The van der Waals surface area contributed by atoms with Gasteiger partial charge in [-0.15, -0.1) is 0 Å². The molecule has 0 atom stereocenters. The SMILES string of the molecule is CCN1C(=O)C(C)(C)c2cc3[nH]c(-c4[nH]ncc4NC(=O)c4cccc(C#N)c4)nc3cc21. The standard InChI is InChI=1S/C24H21N7O2/c1-4-31-19-10-17-16(9-15(19)24(2,3)23(31)33)27-21(28-17)20-18(12-26-30-20)29-22(32)14-7-5-6-13(8-14)11-25/h5-10,12H,4H2,1-3H3,(H,26,30)(H,27,28)(H,29,32). The molecule has 4 aromatic rings. The van der Waals surface area contributed by atoms with Gasteiger partial charge in [0.25, 0.3) is 5.91 Å². The number of carbonyl (C=O) groups excluding carboxylic acids is 2. The van der Waals surface area contributed by atoms with Gasteiger partial charge in [0.05, 0.1) is 45.7 Å².